The molecular formula is C23H24ClN3O3S. The van der Waals surface area contributed by atoms with Gasteiger partial charge in [0.2, 0.25) is 10.0 Å². The zero-order valence-electron chi connectivity index (χ0n) is 17.0. The van der Waals surface area contributed by atoms with Crippen LogP contribution in [0.2, 0.25) is 5.02 Å². The van der Waals surface area contributed by atoms with Gasteiger partial charge in [0.15, 0.2) is 0 Å². The average molecular weight is 458 g/mol. The Labute approximate surface area is 188 Å². The summed E-state index contributed by atoms with van der Waals surface area (Å²) < 4.78 is 33.0. The van der Waals surface area contributed by atoms with Crippen molar-refractivity contribution in [3.63, 3.8) is 0 Å². The summed E-state index contributed by atoms with van der Waals surface area (Å²) in [6.07, 6.45) is 1.75. The van der Waals surface area contributed by atoms with Gasteiger partial charge in [-0.1, -0.05) is 35.9 Å². The van der Waals surface area contributed by atoms with Crippen LogP contribution in [0.1, 0.15) is 11.3 Å². The number of sulfonamides is 1. The van der Waals surface area contributed by atoms with Crippen molar-refractivity contribution in [2.75, 3.05) is 26.2 Å². The minimum Gasteiger partial charge on any atom is -0.487 e. The lowest BCUT2D eigenvalue weighted by Crippen LogP contribution is -2.48. The molecule has 0 amide bonds. The third kappa shape index (κ3) is 5.62. The Morgan fingerprint density at radius 2 is 1.71 bits per heavy atom. The van der Waals surface area contributed by atoms with Gasteiger partial charge in [-0.2, -0.15) is 4.31 Å². The van der Waals surface area contributed by atoms with Crippen LogP contribution in [0.25, 0.3) is 0 Å². The highest BCUT2D eigenvalue weighted by molar-refractivity contribution is 7.89. The van der Waals surface area contributed by atoms with Crippen LogP contribution in [0.3, 0.4) is 0 Å². The number of ether oxygens (including phenoxy) is 1. The Hall–Kier alpha value is -2.45. The normalized spacial score (nSPS) is 15.6. The molecular weight excluding hydrogens is 434 g/mol. The number of nitrogens with zero attached hydrogens (tertiary/aromatic N) is 3. The fourth-order valence-electron chi connectivity index (χ4n) is 3.49. The SMILES string of the molecule is O=S(=O)(c1cccc(Cl)c1)N1CCN(Cc2ccc(OCc3ccccn3)cc2)CC1. The van der Waals surface area contributed by atoms with Gasteiger partial charge in [0.05, 0.1) is 10.6 Å². The first-order chi connectivity index (χ1) is 15.0. The van der Waals surface area contributed by atoms with Crippen LogP contribution in [0.5, 0.6) is 5.75 Å². The van der Waals surface area contributed by atoms with Crippen molar-refractivity contribution in [3.05, 3.63) is 89.2 Å². The molecule has 1 aliphatic rings. The van der Waals surface area contributed by atoms with E-state index < -0.39 is 10.0 Å². The van der Waals surface area contributed by atoms with E-state index >= 15 is 0 Å². The molecule has 0 saturated carbocycles. The molecule has 1 saturated heterocycles. The third-order valence-electron chi connectivity index (χ3n) is 5.21. The maximum Gasteiger partial charge on any atom is 0.243 e. The van der Waals surface area contributed by atoms with Crippen LogP contribution in [0.4, 0.5) is 0 Å². The Morgan fingerprint density at radius 3 is 2.39 bits per heavy atom. The fourth-order valence-corrected chi connectivity index (χ4v) is 5.22. The number of hydrogen-bond acceptors (Lipinski definition) is 5. The second kappa shape index (κ2) is 9.78. The van der Waals surface area contributed by atoms with E-state index in [4.69, 9.17) is 16.3 Å². The summed E-state index contributed by atoms with van der Waals surface area (Å²) in [4.78, 5) is 6.75. The summed E-state index contributed by atoms with van der Waals surface area (Å²) in [5.74, 6) is 0.798. The molecule has 1 aliphatic heterocycles. The van der Waals surface area contributed by atoms with Gasteiger partial charge in [-0.25, -0.2) is 8.42 Å². The molecule has 3 aromatic rings. The second-order valence-corrected chi connectivity index (χ2v) is 9.77. The summed E-state index contributed by atoms with van der Waals surface area (Å²) in [5, 5.41) is 0.423. The van der Waals surface area contributed by atoms with Crippen molar-refractivity contribution in [3.8, 4) is 5.75 Å². The van der Waals surface area contributed by atoms with Crippen molar-refractivity contribution >= 4 is 21.6 Å². The first-order valence-electron chi connectivity index (χ1n) is 10.1. The number of benzene rings is 2. The Bertz CT molecular complexity index is 1100. The monoisotopic (exact) mass is 457 g/mol. The minimum atomic E-state index is -3.52. The topological polar surface area (TPSA) is 62.7 Å². The van der Waals surface area contributed by atoms with E-state index in [1.807, 2.05) is 42.5 Å². The summed E-state index contributed by atoms with van der Waals surface area (Å²) in [5.41, 5.74) is 2.05. The van der Waals surface area contributed by atoms with Crippen molar-refractivity contribution in [2.24, 2.45) is 0 Å². The maximum absolute atomic E-state index is 12.8. The highest BCUT2D eigenvalue weighted by atomic mass is 35.5. The minimum absolute atomic E-state index is 0.245. The molecule has 0 atom stereocenters. The molecule has 162 valence electrons. The van der Waals surface area contributed by atoms with Crippen LogP contribution >= 0.6 is 11.6 Å². The molecule has 4 rings (SSSR count). The number of halogens is 1. The smallest absolute Gasteiger partial charge is 0.243 e. The molecule has 2 aromatic carbocycles. The van der Waals surface area contributed by atoms with Gasteiger partial charge in [0, 0.05) is 43.9 Å². The Morgan fingerprint density at radius 1 is 0.935 bits per heavy atom. The molecule has 0 aliphatic carbocycles. The van der Waals surface area contributed by atoms with E-state index in [0.717, 1.165) is 23.6 Å². The number of hydrogen-bond donors (Lipinski definition) is 0. The molecule has 0 unspecified atom stereocenters. The molecule has 8 heteroatoms. The molecule has 1 aromatic heterocycles. The van der Waals surface area contributed by atoms with Crippen LogP contribution in [-0.4, -0.2) is 48.8 Å². The van der Waals surface area contributed by atoms with Crippen LogP contribution in [0, 0.1) is 0 Å². The maximum atomic E-state index is 12.8. The Kier molecular flexibility index (Phi) is 6.87. The van der Waals surface area contributed by atoms with Gasteiger partial charge in [0.25, 0.3) is 0 Å². The van der Waals surface area contributed by atoms with Gasteiger partial charge in [-0.05, 0) is 48.0 Å². The number of rotatable bonds is 7. The summed E-state index contributed by atoms with van der Waals surface area (Å²) in [6.45, 7) is 3.48. The van der Waals surface area contributed by atoms with E-state index in [1.165, 1.54) is 10.4 Å². The predicted molar refractivity (Wildman–Crippen MR) is 120 cm³/mol. The number of piperazine rings is 1. The summed E-state index contributed by atoms with van der Waals surface area (Å²) >= 11 is 5.96. The standard InChI is InChI=1S/C23H24ClN3O3S/c24-20-4-3-6-23(16-20)31(28,29)27-14-12-26(13-15-27)17-19-7-9-22(10-8-19)30-18-21-5-1-2-11-25-21/h1-11,16H,12-15,17-18H2. The molecule has 6 nitrogen and oxygen atoms in total. The molecule has 0 spiro atoms. The highest BCUT2D eigenvalue weighted by Gasteiger charge is 2.28. The number of pyridine rings is 1. The van der Waals surface area contributed by atoms with Crippen molar-refractivity contribution in [2.45, 2.75) is 18.0 Å². The van der Waals surface area contributed by atoms with Gasteiger partial charge in [0.1, 0.15) is 12.4 Å². The lowest BCUT2D eigenvalue weighted by molar-refractivity contribution is 0.181. The third-order valence-corrected chi connectivity index (χ3v) is 7.34. The first-order valence-corrected chi connectivity index (χ1v) is 11.9. The quantitative estimate of drug-likeness (QED) is 0.539. The van der Waals surface area contributed by atoms with E-state index in [0.29, 0.717) is 37.8 Å². The first kappa shape index (κ1) is 21.8. The predicted octanol–water partition coefficient (Wildman–Crippen LogP) is 3.82. The van der Waals surface area contributed by atoms with Gasteiger partial charge in [-0.15, -0.1) is 0 Å². The molecule has 0 N–H and O–H groups in total. The molecule has 0 bridgehead atoms. The lowest BCUT2D eigenvalue weighted by atomic mass is 10.2. The molecule has 0 radical (unpaired) electrons. The van der Waals surface area contributed by atoms with Crippen molar-refractivity contribution in [1.29, 1.82) is 0 Å². The fraction of sp³-hybridized carbons (Fsp3) is 0.261. The highest BCUT2D eigenvalue weighted by Crippen LogP contribution is 2.22. The molecule has 31 heavy (non-hydrogen) atoms. The van der Waals surface area contributed by atoms with Gasteiger partial charge < -0.3 is 4.74 Å². The van der Waals surface area contributed by atoms with Crippen molar-refractivity contribution < 1.29 is 13.2 Å². The lowest BCUT2D eigenvalue weighted by Gasteiger charge is -2.34. The zero-order valence-corrected chi connectivity index (χ0v) is 18.6. The average Bonchev–Trinajstić information content (AvgIpc) is 2.80. The molecule has 1 fully saturated rings. The van der Waals surface area contributed by atoms with Gasteiger partial charge >= 0.3 is 0 Å². The molecule has 2 heterocycles. The van der Waals surface area contributed by atoms with Gasteiger partial charge in [-0.3, -0.25) is 9.88 Å². The van der Waals surface area contributed by atoms with Crippen LogP contribution in [-0.2, 0) is 23.2 Å². The van der Waals surface area contributed by atoms with Crippen LogP contribution < -0.4 is 4.74 Å². The largest absolute Gasteiger partial charge is 0.487 e. The summed E-state index contributed by atoms with van der Waals surface area (Å²) in [7, 11) is -3.52. The summed E-state index contributed by atoms with van der Waals surface area (Å²) in [6, 6.07) is 20.2. The van der Waals surface area contributed by atoms with Crippen LogP contribution in [0.15, 0.2) is 77.8 Å². The Balaban J connectivity index is 1.29. The van der Waals surface area contributed by atoms with Crippen molar-refractivity contribution in [1.82, 2.24) is 14.2 Å². The second-order valence-electron chi connectivity index (χ2n) is 7.39. The van der Waals surface area contributed by atoms with E-state index in [-0.39, 0.29) is 4.90 Å². The van der Waals surface area contributed by atoms with E-state index in [9.17, 15) is 8.42 Å². The zero-order chi connectivity index (χ0) is 21.7. The van der Waals surface area contributed by atoms with E-state index in [2.05, 4.69) is 9.88 Å². The van der Waals surface area contributed by atoms with E-state index in [1.54, 1.807) is 24.4 Å². The number of aromatic nitrogens is 1.